The van der Waals surface area contributed by atoms with Crippen LogP contribution in [0.15, 0.2) is 42.5 Å². The number of rotatable bonds is 15. The molecule has 0 amide bonds. The number of unbranched alkanes of at least 4 members (excludes halogenated alkanes) is 2. The number of aliphatic hydroxyl groups excluding tert-OH is 2. The van der Waals surface area contributed by atoms with Gasteiger partial charge in [-0.25, -0.2) is 4.79 Å². The summed E-state index contributed by atoms with van der Waals surface area (Å²) in [6.45, 7) is 11.5. The van der Waals surface area contributed by atoms with E-state index in [1.54, 1.807) is 7.11 Å². The molecule has 1 atom stereocenters. The molecular formula is C31H48O6. The van der Waals surface area contributed by atoms with Crippen LogP contribution in [0.4, 0.5) is 0 Å². The Balaban J connectivity index is 0.00000102. The van der Waals surface area contributed by atoms with Crippen molar-refractivity contribution in [2.45, 2.75) is 77.6 Å². The van der Waals surface area contributed by atoms with Gasteiger partial charge in [0, 0.05) is 18.6 Å². The van der Waals surface area contributed by atoms with Gasteiger partial charge in [0.2, 0.25) is 0 Å². The first-order valence-corrected chi connectivity index (χ1v) is 13.6. The van der Waals surface area contributed by atoms with Crippen molar-refractivity contribution in [1.29, 1.82) is 0 Å². The zero-order valence-corrected chi connectivity index (χ0v) is 23.2. The molecule has 0 bridgehead atoms. The quantitative estimate of drug-likeness (QED) is 0.141. The second-order valence-corrected chi connectivity index (χ2v) is 9.96. The molecule has 37 heavy (non-hydrogen) atoms. The molecule has 2 N–H and O–H groups in total. The van der Waals surface area contributed by atoms with E-state index >= 15 is 0 Å². The molecule has 0 radical (unpaired) electrons. The predicted octanol–water partition coefficient (Wildman–Crippen LogP) is 5.34. The van der Waals surface area contributed by atoms with Gasteiger partial charge in [-0.1, -0.05) is 58.0 Å². The number of benzene rings is 1. The van der Waals surface area contributed by atoms with E-state index in [-0.39, 0.29) is 30.3 Å². The van der Waals surface area contributed by atoms with Crippen molar-refractivity contribution in [2.24, 2.45) is 11.8 Å². The number of hydrogen-bond acceptors (Lipinski definition) is 6. The minimum atomic E-state index is -0.511. The van der Waals surface area contributed by atoms with Gasteiger partial charge in [0.15, 0.2) is 0 Å². The van der Waals surface area contributed by atoms with E-state index in [9.17, 15) is 9.59 Å². The molecule has 0 aromatic heterocycles. The Morgan fingerprint density at radius 2 is 1.76 bits per heavy atom. The normalized spacial score (nSPS) is 17.8. The fraction of sp³-hybridized carbons (Fsp3) is 0.613. The average Bonchev–Trinajstić information content (AvgIpc) is 2.94. The van der Waals surface area contributed by atoms with Gasteiger partial charge >= 0.3 is 5.97 Å². The first-order valence-electron chi connectivity index (χ1n) is 13.6. The average molecular weight is 517 g/mol. The fourth-order valence-corrected chi connectivity index (χ4v) is 4.88. The number of methoxy groups -OCH3 is 1. The summed E-state index contributed by atoms with van der Waals surface area (Å²) in [5.74, 6) is 0.786. The van der Waals surface area contributed by atoms with Crippen LogP contribution < -0.4 is 0 Å². The number of aryl methyl sites for hydroxylation is 2. The van der Waals surface area contributed by atoms with Crippen molar-refractivity contribution in [2.75, 3.05) is 33.5 Å². The van der Waals surface area contributed by atoms with Gasteiger partial charge in [0.1, 0.15) is 6.29 Å². The molecule has 0 saturated heterocycles. The number of esters is 1. The summed E-state index contributed by atoms with van der Waals surface area (Å²) in [6, 6.07) is 7.19. The smallest absolute Gasteiger partial charge is 0.335 e. The summed E-state index contributed by atoms with van der Waals surface area (Å²) < 4.78 is 10.8. The van der Waals surface area contributed by atoms with Gasteiger partial charge in [-0.3, -0.25) is 4.79 Å². The third kappa shape index (κ3) is 11.8. The summed E-state index contributed by atoms with van der Waals surface area (Å²) in [4.78, 5) is 21.3. The molecule has 1 aromatic carbocycles. The van der Waals surface area contributed by atoms with Gasteiger partial charge in [-0.05, 0) is 73.5 Å². The van der Waals surface area contributed by atoms with E-state index in [2.05, 4.69) is 45.2 Å². The Morgan fingerprint density at radius 1 is 1.05 bits per heavy atom. The van der Waals surface area contributed by atoms with E-state index in [0.717, 1.165) is 19.3 Å². The highest BCUT2D eigenvalue weighted by atomic mass is 16.5. The van der Waals surface area contributed by atoms with Gasteiger partial charge < -0.3 is 19.7 Å². The minimum absolute atomic E-state index is 0.102. The molecule has 0 heterocycles. The lowest BCUT2D eigenvalue weighted by Crippen LogP contribution is -2.29. The molecule has 1 fully saturated rings. The predicted molar refractivity (Wildman–Crippen MR) is 149 cm³/mol. The van der Waals surface area contributed by atoms with E-state index in [1.165, 1.54) is 55.2 Å². The van der Waals surface area contributed by atoms with Crippen molar-refractivity contribution >= 4 is 12.3 Å². The first-order chi connectivity index (χ1) is 17.8. The largest absolute Gasteiger partial charge is 0.462 e. The maximum absolute atomic E-state index is 11.9. The van der Waals surface area contributed by atoms with E-state index in [0.29, 0.717) is 31.3 Å². The molecule has 1 aliphatic carbocycles. The lowest BCUT2D eigenvalue weighted by atomic mass is 9.73. The van der Waals surface area contributed by atoms with Crippen molar-refractivity contribution in [1.82, 2.24) is 0 Å². The van der Waals surface area contributed by atoms with Crippen LogP contribution in [0.5, 0.6) is 0 Å². The third-order valence-electron chi connectivity index (χ3n) is 7.23. The van der Waals surface area contributed by atoms with Crippen LogP contribution in [0, 0.1) is 11.8 Å². The van der Waals surface area contributed by atoms with E-state index in [4.69, 9.17) is 19.7 Å². The van der Waals surface area contributed by atoms with Crippen LogP contribution in [0.2, 0.25) is 0 Å². The number of aliphatic hydroxyl groups is 2. The molecule has 0 spiro atoms. The number of hydrogen-bond donors (Lipinski definition) is 2. The summed E-state index contributed by atoms with van der Waals surface area (Å²) in [5, 5.41) is 17.0. The molecule has 1 saturated carbocycles. The Labute approximate surface area is 223 Å². The maximum atomic E-state index is 11.9. The molecular weight excluding hydrogens is 468 g/mol. The lowest BCUT2D eigenvalue weighted by molar-refractivity contribution is -0.142. The minimum Gasteiger partial charge on any atom is -0.462 e. The fourth-order valence-electron chi connectivity index (χ4n) is 4.88. The zero-order valence-electron chi connectivity index (χ0n) is 23.2. The Hall–Kier alpha value is -2.28. The second-order valence-electron chi connectivity index (χ2n) is 9.96. The molecule has 6 heteroatoms. The third-order valence-corrected chi connectivity index (χ3v) is 7.23. The highest BCUT2D eigenvalue weighted by Crippen LogP contribution is 2.39. The molecule has 208 valence electrons. The Kier molecular flexibility index (Phi) is 16.7. The maximum Gasteiger partial charge on any atom is 0.335 e. The van der Waals surface area contributed by atoms with Crippen LogP contribution in [0.25, 0.3) is 0 Å². The number of aldehydes is 1. The van der Waals surface area contributed by atoms with Crippen LogP contribution in [-0.2, 0) is 31.9 Å². The first kappa shape index (κ1) is 32.7. The molecule has 0 aliphatic heterocycles. The van der Waals surface area contributed by atoms with Gasteiger partial charge in [0.25, 0.3) is 0 Å². The van der Waals surface area contributed by atoms with Crippen LogP contribution >= 0.6 is 0 Å². The highest BCUT2D eigenvalue weighted by molar-refractivity contribution is 5.87. The summed E-state index contributed by atoms with van der Waals surface area (Å²) in [7, 11) is 1.70. The van der Waals surface area contributed by atoms with Crippen LogP contribution in [0.1, 0.15) is 81.4 Å². The number of ether oxygens (including phenoxy) is 2. The molecule has 1 aliphatic rings. The second kappa shape index (κ2) is 18.9. The number of carbonyl (C=O) groups is 2. The van der Waals surface area contributed by atoms with Crippen LogP contribution in [0.3, 0.4) is 0 Å². The standard InChI is InChI=1S/C27H42O4.C4H6O2/c1-5-7-8-9-22-14-15-25(16-21(22)6-2)23-10-12-24(13-11-23)26(18-30-4)19-31-27(29)20(3)17-28;1-4(2-5)3-6/h14-16,23-24,26,28H,3,5-13,17-19H2,1-2,4H3;2,6H,1,3H2. The monoisotopic (exact) mass is 516 g/mol. The molecule has 2 rings (SSSR count). The Bertz CT molecular complexity index is 838. The summed E-state index contributed by atoms with van der Waals surface area (Å²) >= 11 is 0. The topological polar surface area (TPSA) is 93.1 Å². The van der Waals surface area contributed by atoms with Gasteiger partial charge in [-0.2, -0.15) is 0 Å². The lowest BCUT2D eigenvalue weighted by Gasteiger charge is -2.34. The van der Waals surface area contributed by atoms with Crippen molar-refractivity contribution in [3.05, 3.63) is 59.2 Å². The van der Waals surface area contributed by atoms with E-state index < -0.39 is 5.97 Å². The summed E-state index contributed by atoms with van der Waals surface area (Å²) in [6.07, 6.45) is 11.3. The van der Waals surface area contributed by atoms with Gasteiger partial charge in [-0.15, -0.1) is 0 Å². The Morgan fingerprint density at radius 3 is 2.27 bits per heavy atom. The summed E-state index contributed by atoms with van der Waals surface area (Å²) in [5.41, 5.74) is 4.85. The number of carbonyl (C=O) groups excluding carboxylic acids is 2. The van der Waals surface area contributed by atoms with Crippen molar-refractivity contribution in [3.63, 3.8) is 0 Å². The molecule has 6 nitrogen and oxygen atoms in total. The van der Waals surface area contributed by atoms with Crippen molar-refractivity contribution in [3.8, 4) is 0 Å². The highest BCUT2D eigenvalue weighted by Gasteiger charge is 2.29. The van der Waals surface area contributed by atoms with Crippen LogP contribution in [-0.4, -0.2) is 56.0 Å². The van der Waals surface area contributed by atoms with Gasteiger partial charge in [0.05, 0.1) is 32.0 Å². The van der Waals surface area contributed by atoms with Crippen molar-refractivity contribution < 1.29 is 29.3 Å². The van der Waals surface area contributed by atoms with E-state index in [1.807, 2.05) is 0 Å². The molecule has 1 unspecified atom stereocenters. The SMILES string of the molecule is C=C(C=O)CO.C=C(CO)C(=O)OCC(COC)C1CCC(c2ccc(CCCCC)c(CC)c2)CC1. The zero-order chi connectivity index (χ0) is 27.6. The molecule has 1 aromatic rings.